The Kier molecular flexibility index (Phi) is 9.04. The molecular formula is C12H18N2NaO6P. The van der Waals surface area contributed by atoms with E-state index >= 15 is 0 Å². The zero-order valence-electron chi connectivity index (χ0n) is 13.5. The minimum absolute atomic E-state index is 0. The molecule has 0 aromatic heterocycles. The van der Waals surface area contributed by atoms with E-state index in [9.17, 15) is 19.0 Å². The largest absolute Gasteiger partial charge is 1.00 e. The summed E-state index contributed by atoms with van der Waals surface area (Å²) in [4.78, 5) is 38.7. The molecule has 0 aromatic carbocycles. The maximum absolute atomic E-state index is 11.1. The number of rotatable bonds is 8. The molecule has 0 fully saturated rings. The summed E-state index contributed by atoms with van der Waals surface area (Å²) in [7, 11) is -2.70. The van der Waals surface area contributed by atoms with Gasteiger partial charge in [-0.15, -0.1) is 6.58 Å². The van der Waals surface area contributed by atoms with Gasteiger partial charge in [-0.25, -0.2) is 0 Å². The molecule has 22 heavy (non-hydrogen) atoms. The van der Waals surface area contributed by atoms with Crippen LogP contribution in [0.1, 0.15) is 21.2 Å². The molecule has 0 saturated heterocycles. The van der Waals surface area contributed by atoms with Crippen molar-refractivity contribution >= 4 is 25.8 Å². The summed E-state index contributed by atoms with van der Waals surface area (Å²) in [6.45, 7) is 5.24. The molecule has 0 bridgehead atoms. The standard InChI is InChI=1S/C12H17N2O6P.Na.H/c1-3-4-10-13-8(5-9(11(15)16)12(17)18)6-14(10)7(2)21(19)20;;/h3,7-9H,1,4-6H2,2H3,(H,15,16)(H,17,18);;/q;+1;-1. The van der Waals surface area contributed by atoms with Crippen LogP contribution >= 0.6 is 8.03 Å². The third-order valence-electron chi connectivity index (χ3n) is 3.26. The van der Waals surface area contributed by atoms with E-state index in [-0.39, 0.29) is 43.9 Å². The first-order chi connectivity index (χ1) is 9.77. The van der Waals surface area contributed by atoms with E-state index in [0.717, 1.165) is 0 Å². The van der Waals surface area contributed by atoms with Gasteiger partial charge in [0.2, 0.25) is 5.78 Å². The number of aliphatic imine (C=N–C) groups is 1. The van der Waals surface area contributed by atoms with Gasteiger partial charge in [0.15, 0.2) is 5.92 Å². The molecule has 3 atom stereocenters. The molecular weight excluding hydrogens is 322 g/mol. The van der Waals surface area contributed by atoms with Crippen LogP contribution in [-0.4, -0.2) is 51.3 Å². The van der Waals surface area contributed by atoms with Crippen LogP contribution in [0.4, 0.5) is 0 Å². The van der Waals surface area contributed by atoms with Crippen LogP contribution in [0.2, 0.25) is 0 Å². The van der Waals surface area contributed by atoms with Crippen molar-refractivity contribution in [1.82, 2.24) is 4.90 Å². The van der Waals surface area contributed by atoms with Crippen LogP contribution in [0, 0.1) is 5.92 Å². The molecule has 0 amide bonds. The van der Waals surface area contributed by atoms with Gasteiger partial charge in [0, 0.05) is 19.9 Å². The van der Waals surface area contributed by atoms with Gasteiger partial charge in [-0.05, 0) is 6.42 Å². The van der Waals surface area contributed by atoms with E-state index in [1.54, 1.807) is 11.0 Å². The Morgan fingerprint density at radius 2 is 2.14 bits per heavy atom. The summed E-state index contributed by atoms with van der Waals surface area (Å²) in [6, 6.07) is -0.561. The Balaban J connectivity index is 0. The minimum atomic E-state index is -2.70. The third-order valence-corrected chi connectivity index (χ3v) is 4.15. The molecule has 0 aliphatic carbocycles. The number of nitrogens with zero attached hydrogens (tertiary/aromatic N) is 2. The van der Waals surface area contributed by atoms with Crippen LogP contribution in [0.3, 0.4) is 0 Å². The third kappa shape index (κ3) is 5.44. The van der Waals surface area contributed by atoms with Gasteiger partial charge < -0.3 is 21.4 Å². The molecule has 0 radical (unpaired) electrons. The van der Waals surface area contributed by atoms with Crippen LogP contribution in [-0.2, 0) is 14.2 Å². The smallest absolute Gasteiger partial charge is 1.00 e. The topological polar surface area (TPSA) is 130 Å². The molecule has 10 heteroatoms. The molecule has 8 nitrogen and oxygen atoms in total. The minimum Gasteiger partial charge on any atom is -1.00 e. The van der Waals surface area contributed by atoms with Crippen LogP contribution in [0.5, 0.6) is 0 Å². The van der Waals surface area contributed by atoms with Crippen molar-refractivity contribution in [2.24, 2.45) is 10.9 Å². The van der Waals surface area contributed by atoms with Crippen molar-refractivity contribution in [2.45, 2.75) is 31.6 Å². The van der Waals surface area contributed by atoms with E-state index in [4.69, 9.17) is 10.2 Å². The van der Waals surface area contributed by atoms with E-state index in [2.05, 4.69) is 11.6 Å². The molecule has 2 N–H and O–H groups in total. The average Bonchev–Trinajstić information content (AvgIpc) is 2.77. The second-order valence-electron chi connectivity index (χ2n) is 4.73. The molecule has 1 aliphatic heterocycles. The van der Waals surface area contributed by atoms with Crippen molar-refractivity contribution in [3.05, 3.63) is 12.7 Å². The van der Waals surface area contributed by atoms with Gasteiger partial charge in [0.25, 0.3) is 0 Å². The second kappa shape index (κ2) is 9.37. The molecule has 118 valence electrons. The predicted octanol–water partition coefficient (Wildman–Crippen LogP) is -2.61. The summed E-state index contributed by atoms with van der Waals surface area (Å²) < 4.78 is 11.1. The average molecular weight is 340 g/mol. The van der Waals surface area contributed by atoms with Gasteiger partial charge in [-0.2, -0.15) is 0 Å². The predicted molar refractivity (Wildman–Crippen MR) is 74.3 cm³/mol. The van der Waals surface area contributed by atoms with Gasteiger partial charge in [-0.3, -0.25) is 14.6 Å². The van der Waals surface area contributed by atoms with Gasteiger partial charge in [0.05, 0.1) is 6.04 Å². The maximum Gasteiger partial charge on any atom is 1.00 e. The van der Waals surface area contributed by atoms with Crippen molar-refractivity contribution in [3.8, 4) is 0 Å². The number of carboxylic acid groups (broad SMARTS) is 2. The molecule has 1 rings (SSSR count). The SMILES string of the molecule is C=CCC1=NC(CC(C(=O)O)C(=O)O)CN1C(C)[P+](=O)[O-].[H-].[Na+]. The number of aliphatic carboxylic acids is 2. The fourth-order valence-electron chi connectivity index (χ4n) is 2.15. The van der Waals surface area contributed by atoms with E-state index < -0.39 is 37.7 Å². The van der Waals surface area contributed by atoms with Gasteiger partial charge in [0.1, 0.15) is 5.84 Å². The number of amidine groups is 1. The summed E-state index contributed by atoms with van der Waals surface area (Å²) in [5, 5.41) is 17.8. The van der Waals surface area contributed by atoms with Crippen LogP contribution in [0.25, 0.3) is 0 Å². The van der Waals surface area contributed by atoms with Crippen molar-refractivity contribution in [1.29, 1.82) is 0 Å². The monoisotopic (exact) mass is 340 g/mol. The Morgan fingerprint density at radius 3 is 2.55 bits per heavy atom. The normalized spacial score (nSPS) is 19.2. The molecule has 1 heterocycles. The first-order valence-corrected chi connectivity index (χ1v) is 7.55. The fraction of sp³-hybridized carbons (Fsp3) is 0.583. The van der Waals surface area contributed by atoms with E-state index in [1.807, 2.05) is 0 Å². The van der Waals surface area contributed by atoms with Crippen molar-refractivity contribution < 1.29 is 60.2 Å². The summed E-state index contributed by atoms with van der Waals surface area (Å²) in [5.41, 5.74) is 0. The zero-order valence-corrected chi connectivity index (χ0v) is 15.4. The molecule has 0 spiro atoms. The van der Waals surface area contributed by atoms with E-state index in [0.29, 0.717) is 12.3 Å². The summed E-state index contributed by atoms with van der Waals surface area (Å²) in [5.74, 6) is -4.71. The summed E-state index contributed by atoms with van der Waals surface area (Å²) >= 11 is 0. The molecule has 0 aromatic rings. The van der Waals surface area contributed by atoms with Gasteiger partial charge >= 0.3 is 49.5 Å². The quantitative estimate of drug-likeness (QED) is 0.214. The Bertz CT molecular complexity index is 490. The first-order valence-electron chi connectivity index (χ1n) is 6.31. The Morgan fingerprint density at radius 1 is 1.59 bits per heavy atom. The maximum atomic E-state index is 11.1. The van der Waals surface area contributed by atoms with Crippen molar-refractivity contribution in [3.63, 3.8) is 0 Å². The number of hydrogen-bond donors (Lipinski definition) is 2. The van der Waals surface area contributed by atoms with E-state index in [1.165, 1.54) is 6.92 Å². The molecule has 3 unspecified atom stereocenters. The van der Waals surface area contributed by atoms with Gasteiger partial charge in [-0.1, -0.05) is 10.6 Å². The van der Waals surface area contributed by atoms with Crippen molar-refractivity contribution in [2.75, 3.05) is 6.54 Å². The molecule has 0 saturated carbocycles. The first kappa shape index (κ1) is 21.2. The van der Waals surface area contributed by atoms with Crippen LogP contribution in [0.15, 0.2) is 17.6 Å². The molecule has 1 aliphatic rings. The second-order valence-corrected chi connectivity index (χ2v) is 6.04. The Hall–Kier alpha value is -0.790. The summed E-state index contributed by atoms with van der Waals surface area (Å²) in [6.07, 6.45) is 1.73. The zero-order chi connectivity index (χ0) is 16.2. The number of carboxylic acids is 2. The number of hydrogen-bond acceptors (Lipinski definition) is 6. The van der Waals surface area contributed by atoms with Crippen LogP contribution < -0.4 is 34.5 Å². The Labute approximate surface area is 152 Å². The fourth-order valence-corrected chi connectivity index (χ4v) is 2.60. The number of carbonyl (C=O) groups is 2.